The number of nitrogens with zero attached hydrogens (tertiary/aromatic N) is 3. The van der Waals surface area contributed by atoms with E-state index in [1.54, 1.807) is 30.3 Å². The molecule has 0 saturated carbocycles. The van der Waals surface area contributed by atoms with Crippen LogP contribution in [0.4, 0.5) is 0 Å². The van der Waals surface area contributed by atoms with E-state index in [1.165, 1.54) is 7.11 Å². The fourth-order valence-electron chi connectivity index (χ4n) is 2.91. The predicted octanol–water partition coefficient (Wildman–Crippen LogP) is 1.51. The quantitative estimate of drug-likeness (QED) is 0.844. The average molecular weight is 344 g/mol. The Kier molecular flexibility index (Phi) is 4.97. The average Bonchev–Trinajstić information content (AvgIpc) is 3.17. The Morgan fingerprint density at radius 2 is 2.00 bits per heavy atom. The number of H-pyrrole nitrogens is 1. The first-order chi connectivity index (χ1) is 12.1. The second-order valence-electron chi connectivity index (χ2n) is 5.84. The van der Waals surface area contributed by atoms with E-state index in [0.717, 1.165) is 5.56 Å². The zero-order valence-electron chi connectivity index (χ0n) is 14.2. The SMILES string of the molecule is COC(=O)C1CCN(C(=O)c2cc(-c3ccnc(OC)c3)[nH]n2)CC1. The maximum Gasteiger partial charge on any atom is 0.308 e. The molecule has 1 aliphatic rings. The number of rotatable bonds is 4. The second-order valence-corrected chi connectivity index (χ2v) is 5.84. The van der Waals surface area contributed by atoms with Gasteiger partial charge in [-0.15, -0.1) is 0 Å². The van der Waals surface area contributed by atoms with E-state index in [1.807, 2.05) is 6.07 Å². The number of hydrogen-bond acceptors (Lipinski definition) is 6. The predicted molar refractivity (Wildman–Crippen MR) is 89.0 cm³/mol. The molecule has 1 N–H and O–H groups in total. The number of amides is 1. The normalized spacial score (nSPS) is 15.0. The summed E-state index contributed by atoms with van der Waals surface area (Å²) in [4.78, 5) is 29.9. The van der Waals surface area contributed by atoms with Gasteiger partial charge in [-0.25, -0.2) is 4.98 Å². The molecule has 0 aromatic carbocycles. The topological polar surface area (TPSA) is 97.4 Å². The minimum atomic E-state index is -0.208. The first-order valence-electron chi connectivity index (χ1n) is 8.05. The van der Waals surface area contributed by atoms with Crippen molar-refractivity contribution in [2.75, 3.05) is 27.3 Å². The number of pyridine rings is 1. The summed E-state index contributed by atoms with van der Waals surface area (Å²) >= 11 is 0. The lowest BCUT2D eigenvalue weighted by Crippen LogP contribution is -2.40. The number of likely N-dealkylation sites (tertiary alicyclic amines) is 1. The molecule has 8 heteroatoms. The van der Waals surface area contributed by atoms with E-state index >= 15 is 0 Å². The number of hydrogen-bond donors (Lipinski definition) is 1. The molecule has 132 valence electrons. The van der Waals surface area contributed by atoms with E-state index in [-0.39, 0.29) is 17.8 Å². The summed E-state index contributed by atoms with van der Waals surface area (Å²) in [5, 5.41) is 7.00. The molecule has 1 saturated heterocycles. The van der Waals surface area contributed by atoms with Gasteiger partial charge in [0, 0.05) is 30.9 Å². The fraction of sp³-hybridized carbons (Fsp3) is 0.412. The van der Waals surface area contributed by atoms with E-state index in [9.17, 15) is 9.59 Å². The van der Waals surface area contributed by atoms with Gasteiger partial charge in [0.2, 0.25) is 5.88 Å². The van der Waals surface area contributed by atoms with Gasteiger partial charge in [-0.2, -0.15) is 5.10 Å². The summed E-state index contributed by atoms with van der Waals surface area (Å²) < 4.78 is 9.87. The van der Waals surface area contributed by atoms with Crippen molar-refractivity contribution in [2.45, 2.75) is 12.8 Å². The van der Waals surface area contributed by atoms with Crippen molar-refractivity contribution < 1.29 is 19.1 Å². The van der Waals surface area contributed by atoms with Crippen LogP contribution < -0.4 is 4.74 Å². The van der Waals surface area contributed by atoms with Gasteiger partial charge in [-0.3, -0.25) is 14.7 Å². The van der Waals surface area contributed by atoms with E-state index in [2.05, 4.69) is 15.2 Å². The maximum absolute atomic E-state index is 12.6. The highest BCUT2D eigenvalue weighted by atomic mass is 16.5. The molecule has 0 bridgehead atoms. The highest BCUT2D eigenvalue weighted by Gasteiger charge is 2.29. The smallest absolute Gasteiger partial charge is 0.308 e. The fourth-order valence-corrected chi connectivity index (χ4v) is 2.91. The molecule has 1 aliphatic heterocycles. The Bertz CT molecular complexity index is 766. The van der Waals surface area contributed by atoms with Crippen LogP contribution in [0.1, 0.15) is 23.3 Å². The van der Waals surface area contributed by atoms with Gasteiger partial charge < -0.3 is 14.4 Å². The molecular formula is C17H20N4O4. The van der Waals surface area contributed by atoms with Crippen LogP contribution in [0.15, 0.2) is 24.4 Å². The third-order valence-electron chi connectivity index (χ3n) is 4.37. The number of carbonyl (C=O) groups is 2. The number of ether oxygens (including phenoxy) is 2. The Morgan fingerprint density at radius 1 is 1.24 bits per heavy atom. The van der Waals surface area contributed by atoms with Gasteiger partial charge in [0.25, 0.3) is 5.91 Å². The third kappa shape index (κ3) is 3.62. The molecule has 0 atom stereocenters. The molecule has 3 rings (SSSR count). The Labute approximate surface area is 145 Å². The highest BCUT2D eigenvalue weighted by molar-refractivity contribution is 5.93. The summed E-state index contributed by atoms with van der Waals surface area (Å²) in [6, 6.07) is 5.29. The van der Waals surface area contributed by atoms with Crippen molar-refractivity contribution in [3.8, 4) is 17.1 Å². The van der Waals surface area contributed by atoms with Gasteiger partial charge in [-0.1, -0.05) is 0 Å². The number of aromatic amines is 1. The van der Waals surface area contributed by atoms with Crippen molar-refractivity contribution in [1.82, 2.24) is 20.1 Å². The second kappa shape index (κ2) is 7.33. The van der Waals surface area contributed by atoms with Gasteiger partial charge in [0.1, 0.15) is 0 Å². The Morgan fingerprint density at radius 3 is 2.68 bits per heavy atom. The molecule has 0 spiro atoms. The molecular weight excluding hydrogens is 324 g/mol. The molecule has 3 heterocycles. The van der Waals surface area contributed by atoms with Gasteiger partial charge in [-0.05, 0) is 25.0 Å². The van der Waals surface area contributed by atoms with Crippen molar-refractivity contribution in [3.63, 3.8) is 0 Å². The number of esters is 1. The van der Waals surface area contributed by atoms with Gasteiger partial charge in [0.05, 0.1) is 25.8 Å². The van der Waals surface area contributed by atoms with Crippen molar-refractivity contribution in [1.29, 1.82) is 0 Å². The van der Waals surface area contributed by atoms with E-state index in [4.69, 9.17) is 9.47 Å². The number of carbonyl (C=O) groups excluding carboxylic acids is 2. The number of methoxy groups -OCH3 is 2. The number of aromatic nitrogens is 3. The van der Waals surface area contributed by atoms with Crippen molar-refractivity contribution in [3.05, 3.63) is 30.1 Å². The van der Waals surface area contributed by atoms with E-state index in [0.29, 0.717) is 43.2 Å². The van der Waals surface area contributed by atoms with Crippen LogP contribution in [-0.4, -0.2) is 59.3 Å². The zero-order chi connectivity index (χ0) is 17.8. The summed E-state index contributed by atoms with van der Waals surface area (Å²) in [6.45, 7) is 1.04. The van der Waals surface area contributed by atoms with Crippen LogP contribution in [0.5, 0.6) is 5.88 Å². The molecule has 0 aliphatic carbocycles. The molecule has 1 fully saturated rings. The highest BCUT2D eigenvalue weighted by Crippen LogP contribution is 2.23. The number of piperidine rings is 1. The largest absolute Gasteiger partial charge is 0.481 e. The van der Waals surface area contributed by atoms with Crippen LogP contribution in [-0.2, 0) is 9.53 Å². The Hall–Kier alpha value is -2.90. The van der Waals surface area contributed by atoms with Crippen LogP contribution >= 0.6 is 0 Å². The first kappa shape index (κ1) is 16.9. The van der Waals surface area contributed by atoms with Crippen LogP contribution in [0.25, 0.3) is 11.3 Å². The summed E-state index contributed by atoms with van der Waals surface area (Å²) in [6.07, 6.45) is 2.85. The summed E-state index contributed by atoms with van der Waals surface area (Å²) in [5.41, 5.74) is 1.90. The molecule has 0 unspecified atom stereocenters. The van der Waals surface area contributed by atoms with Crippen LogP contribution in [0.3, 0.4) is 0 Å². The van der Waals surface area contributed by atoms with Crippen LogP contribution in [0.2, 0.25) is 0 Å². The van der Waals surface area contributed by atoms with Crippen molar-refractivity contribution in [2.24, 2.45) is 5.92 Å². The lowest BCUT2D eigenvalue weighted by molar-refractivity contribution is -0.146. The monoisotopic (exact) mass is 344 g/mol. The minimum absolute atomic E-state index is 0.131. The van der Waals surface area contributed by atoms with Gasteiger partial charge in [0.15, 0.2) is 5.69 Å². The third-order valence-corrected chi connectivity index (χ3v) is 4.37. The first-order valence-corrected chi connectivity index (χ1v) is 8.05. The molecule has 0 radical (unpaired) electrons. The van der Waals surface area contributed by atoms with Crippen molar-refractivity contribution >= 4 is 11.9 Å². The molecule has 8 nitrogen and oxygen atoms in total. The molecule has 2 aromatic heterocycles. The molecule has 2 aromatic rings. The lowest BCUT2D eigenvalue weighted by Gasteiger charge is -2.30. The lowest BCUT2D eigenvalue weighted by atomic mass is 9.97. The standard InChI is InChI=1S/C17H20N4O4/c1-24-15-9-12(3-6-18-15)13-10-14(20-19-13)16(22)21-7-4-11(5-8-21)17(23)25-2/h3,6,9-11H,4-5,7-8H2,1-2H3,(H,19,20). The zero-order valence-corrected chi connectivity index (χ0v) is 14.2. The maximum atomic E-state index is 12.6. The summed E-state index contributed by atoms with van der Waals surface area (Å²) in [5.74, 6) is 0.00515. The summed E-state index contributed by atoms with van der Waals surface area (Å²) in [7, 11) is 2.94. The van der Waals surface area contributed by atoms with Gasteiger partial charge >= 0.3 is 5.97 Å². The molecule has 25 heavy (non-hydrogen) atoms. The van der Waals surface area contributed by atoms with Crippen LogP contribution in [0, 0.1) is 5.92 Å². The molecule has 1 amide bonds. The Balaban J connectivity index is 1.68. The van der Waals surface area contributed by atoms with E-state index < -0.39 is 0 Å². The minimum Gasteiger partial charge on any atom is -0.481 e. The number of nitrogens with one attached hydrogen (secondary N) is 1.